The number of amides is 2. The second kappa shape index (κ2) is 6.49. The van der Waals surface area contributed by atoms with Gasteiger partial charge in [-0.2, -0.15) is 0 Å². The van der Waals surface area contributed by atoms with Crippen LogP contribution < -0.4 is 5.32 Å². The molecule has 0 spiro atoms. The van der Waals surface area contributed by atoms with E-state index in [9.17, 15) is 9.59 Å². The molecule has 108 valence electrons. The highest BCUT2D eigenvalue weighted by Crippen LogP contribution is 2.34. The Morgan fingerprint density at radius 3 is 2.90 bits per heavy atom. The number of nitrogens with zero attached hydrogens (tertiary/aromatic N) is 1. The fraction of sp³-hybridized carbons (Fsp3) is 0.462. The molecular weight excluding hydrogens is 344 g/mol. The molecular formula is C13H15BrN2O3S. The first-order valence-electron chi connectivity index (χ1n) is 6.30. The minimum absolute atomic E-state index is 0.345. The molecule has 1 aliphatic rings. The molecule has 2 heterocycles. The van der Waals surface area contributed by atoms with Crippen molar-refractivity contribution in [1.82, 2.24) is 5.32 Å². The summed E-state index contributed by atoms with van der Waals surface area (Å²) in [7, 11) is 0. The standard InChI is InChI=1S/C13H15BrN2O3S/c1-3-6-19-12(17)10-7(2)15-13(18)16-11(10)8-4-5-9(14)20-8/h4-5,10-11H,3,6H2,1-2H3,(H,16,18). The maximum atomic E-state index is 12.2. The number of carbonyl (C=O) groups excluding carboxylic acids is 2. The van der Waals surface area contributed by atoms with Gasteiger partial charge < -0.3 is 10.1 Å². The van der Waals surface area contributed by atoms with Crippen molar-refractivity contribution in [2.75, 3.05) is 6.61 Å². The number of aliphatic imine (C=N–C) groups is 1. The lowest BCUT2D eigenvalue weighted by Crippen LogP contribution is -2.44. The van der Waals surface area contributed by atoms with Crippen LogP contribution in [0.15, 0.2) is 20.9 Å². The lowest BCUT2D eigenvalue weighted by Gasteiger charge is -2.28. The van der Waals surface area contributed by atoms with Crippen LogP contribution in [0.5, 0.6) is 0 Å². The van der Waals surface area contributed by atoms with Gasteiger partial charge in [0, 0.05) is 10.6 Å². The van der Waals surface area contributed by atoms with Crippen LogP contribution in [0.4, 0.5) is 4.79 Å². The number of esters is 1. The molecule has 0 saturated carbocycles. The summed E-state index contributed by atoms with van der Waals surface area (Å²) in [6.07, 6.45) is 0.760. The van der Waals surface area contributed by atoms with Crippen molar-refractivity contribution < 1.29 is 14.3 Å². The second-order valence-electron chi connectivity index (χ2n) is 4.47. The summed E-state index contributed by atoms with van der Waals surface area (Å²) >= 11 is 4.87. The number of urea groups is 1. The molecule has 1 aliphatic heterocycles. The molecule has 0 radical (unpaired) electrons. The Balaban J connectivity index is 2.29. The van der Waals surface area contributed by atoms with Gasteiger partial charge >= 0.3 is 12.0 Å². The van der Waals surface area contributed by atoms with Crippen molar-refractivity contribution in [3.05, 3.63) is 20.8 Å². The summed E-state index contributed by atoms with van der Waals surface area (Å²) in [6.45, 7) is 3.99. The van der Waals surface area contributed by atoms with Crippen molar-refractivity contribution in [3.8, 4) is 0 Å². The number of thiophene rings is 1. The third-order valence-corrected chi connectivity index (χ3v) is 4.65. The second-order valence-corrected chi connectivity index (χ2v) is 6.96. The molecule has 2 atom stereocenters. The molecule has 0 aliphatic carbocycles. The van der Waals surface area contributed by atoms with Gasteiger partial charge in [-0.1, -0.05) is 6.92 Å². The van der Waals surface area contributed by atoms with E-state index >= 15 is 0 Å². The van der Waals surface area contributed by atoms with E-state index < -0.39 is 18.0 Å². The van der Waals surface area contributed by atoms with Crippen LogP contribution in [0, 0.1) is 5.92 Å². The largest absolute Gasteiger partial charge is 0.465 e. The Kier molecular flexibility index (Phi) is 4.93. The molecule has 5 nitrogen and oxygen atoms in total. The Labute approximate surface area is 129 Å². The van der Waals surface area contributed by atoms with Gasteiger partial charge in [-0.25, -0.2) is 9.79 Å². The number of hydrogen-bond acceptors (Lipinski definition) is 4. The lowest BCUT2D eigenvalue weighted by molar-refractivity contribution is -0.147. The summed E-state index contributed by atoms with van der Waals surface area (Å²) in [5.41, 5.74) is 0.490. The van der Waals surface area contributed by atoms with E-state index in [1.807, 2.05) is 19.1 Å². The summed E-state index contributed by atoms with van der Waals surface area (Å²) in [5, 5.41) is 2.75. The number of carbonyl (C=O) groups is 2. The molecule has 20 heavy (non-hydrogen) atoms. The average Bonchev–Trinajstić information content (AvgIpc) is 2.81. The first kappa shape index (κ1) is 15.2. The summed E-state index contributed by atoms with van der Waals surface area (Å²) in [4.78, 5) is 28.5. The number of nitrogens with one attached hydrogen (secondary N) is 1. The molecule has 0 saturated heterocycles. The van der Waals surface area contributed by atoms with Gasteiger partial charge in [-0.15, -0.1) is 11.3 Å². The highest BCUT2D eigenvalue weighted by molar-refractivity contribution is 9.11. The van der Waals surface area contributed by atoms with E-state index in [4.69, 9.17) is 4.74 Å². The highest BCUT2D eigenvalue weighted by atomic mass is 79.9. The summed E-state index contributed by atoms with van der Waals surface area (Å²) in [6, 6.07) is 2.94. The molecule has 2 amide bonds. The van der Waals surface area contributed by atoms with Crippen molar-refractivity contribution in [1.29, 1.82) is 0 Å². The third-order valence-electron chi connectivity index (χ3n) is 2.94. The molecule has 2 rings (SSSR count). The van der Waals surface area contributed by atoms with Gasteiger partial charge in [0.1, 0.15) is 5.92 Å². The number of rotatable bonds is 4. The first-order chi connectivity index (χ1) is 9.52. The average molecular weight is 359 g/mol. The maximum absolute atomic E-state index is 12.2. The smallest absolute Gasteiger partial charge is 0.341 e. The number of hydrogen-bond donors (Lipinski definition) is 1. The predicted octanol–water partition coefficient (Wildman–Crippen LogP) is 3.31. The Hall–Kier alpha value is -1.21. The minimum Gasteiger partial charge on any atom is -0.465 e. The molecule has 0 aromatic carbocycles. The predicted molar refractivity (Wildman–Crippen MR) is 81.1 cm³/mol. The van der Waals surface area contributed by atoms with Crippen LogP contribution in [0.1, 0.15) is 31.2 Å². The molecule has 0 bridgehead atoms. The van der Waals surface area contributed by atoms with Crippen LogP contribution in [0.25, 0.3) is 0 Å². The zero-order valence-electron chi connectivity index (χ0n) is 11.2. The van der Waals surface area contributed by atoms with E-state index in [-0.39, 0.29) is 5.97 Å². The van der Waals surface area contributed by atoms with Gasteiger partial charge in [0.05, 0.1) is 16.4 Å². The highest BCUT2D eigenvalue weighted by Gasteiger charge is 2.38. The van der Waals surface area contributed by atoms with Crippen LogP contribution in [-0.4, -0.2) is 24.3 Å². The fourth-order valence-electron chi connectivity index (χ4n) is 2.05. The molecule has 1 aromatic rings. The minimum atomic E-state index is -0.565. The van der Waals surface area contributed by atoms with Gasteiger partial charge in [0.15, 0.2) is 0 Å². The van der Waals surface area contributed by atoms with Crippen LogP contribution in [0.3, 0.4) is 0 Å². The van der Waals surface area contributed by atoms with Gasteiger partial charge in [0.2, 0.25) is 0 Å². The van der Waals surface area contributed by atoms with E-state index in [0.29, 0.717) is 12.3 Å². The Bertz CT molecular complexity index is 556. The molecule has 2 unspecified atom stereocenters. The van der Waals surface area contributed by atoms with Gasteiger partial charge in [-0.3, -0.25) is 4.79 Å². The maximum Gasteiger partial charge on any atom is 0.341 e. The van der Waals surface area contributed by atoms with Gasteiger partial charge in [0.25, 0.3) is 0 Å². The number of ether oxygens (including phenoxy) is 1. The Morgan fingerprint density at radius 2 is 2.30 bits per heavy atom. The molecule has 7 heteroatoms. The normalized spacial score (nSPS) is 22.1. The van der Waals surface area contributed by atoms with Crippen LogP contribution in [0.2, 0.25) is 0 Å². The van der Waals surface area contributed by atoms with Crippen LogP contribution >= 0.6 is 27.3 Å². The zero-order valence-corrected chi connectivity index (χ0v) is 13.6. The molecule has 1 N–H and O–H groups in total. The number of halogens is 1. The topological polar surface area (TPSA) is 67.8 Å². The lowest BCUT2D eigenvalue weighted by atomic mass is 9.92. The van der Waals surface area contributed by atoms with Crippen molar-refractivity contribution in [2.45, 2.75) is 26.3 Å². The van der Waals surface area contributed by atoms with E-state index in [1.54, 1.807) is 6.92 Å². The van der Waals surface area contributed by atoms with Crippen molar-refractivity contribution in [2.24, 2.45) is 10.9 Å². The van der Waals surface area contributed by atoms with Gasteiger partial charge in [-0.05, 0) is 41.4 Å². The van der Waals surface area contributed by atoms with Crippen molar-refractivity contribution >= 4 is 45.0 Å². The first-order valence-corrected chi connectivity index (χ1v) is 7.91. The van der Waals surface area contributed by atoms with E-state index in [2.05, 4.69) is 26.2 Å². The quantitative estimate of drug-likeness (QED) is 0.839. The van der Waals surface area contributed by atoms with E-state index in [1.165, 1.54) is 11.3 Å². The molecule has 1 aromatic heterocycles. The van der Waals surface area contributed by atoms with Crippen LogP contribution in [-0.2, 0) is 9.53 Å². The zero-order chi connectivity index (χ0) is 14.7. The third kappa shape index (κ3) is 3.27. The summed E-state index contributed by atoms with van der Waals surface area (Å²) in [5.74, 6) is -0.910. The molecule has 0 fully saturated rings. The Morgan fingerprint density at radius 1 is 1.55 bits per heavy atom. The summed E-state index contributed by atoms with van der Waals surface area (Å²) < 4.78 is 6.16. The van der Waals surface area contributed by atoms with Crippen molar-refractivity contribution in [3.63, 3.8) is 0 Å². The SMILES string of the molecule is CCCOC(=O)C1C(C)=NC(=O)NC1c1ccc(Br)s1. The van der Waals surface area contributed by atoms with E-state index in [0.717, 1.165) is 15.1 Å². The monoisotopic (exact) mass is 358 g/mol. The fourth-order valence-corrected chi connectivity index (χ4v) is 3.56.